The Kier molecular flexibility index (Phi) is 5.17. The fourth-order valence-electron chi connectivity index (χ4n) is 4.78. The Morgan fingerprint density at radius 1 is 1.23 bits per heavy atom. The van der Waals surface area contributed by atoms with Crippen LogP contribution in [0.15, 0.2) is 24.3 Å². The molecule has 26 heavy (non-hydrogen) atoms. The van der Waals surface area contributed by atoms with Crippen LogP contribution in [0, 0.1) is 5.92 Å². The van der Waals surface area contributed by atoms with E-state index in [2.05, 4.69) is 24.3 Å². The Morgan fingerprint density at radius 2 is 1.88 bits per heavy atom. The molecule has 0 spiro atoms. The van der Waals surface area contributed by atoms with Gasteiger partial charge in [-0.1, -0.05) is 24.3 Å². The zero-order valence-corrected chi connectivity index (χ0v) is 16.5. The molecule has 144 valence electrons. The number of amides is 1. The third-order valence-electron chi connectivity index (χ3n) is 6.44. The summed E-state index contributed by atoms with van der Waals surface area (Å²) in [6.45, 7) is 10.1. The zero-order chi connectivity index (χ0) is 19.1. The summed E-state index contributed by atoms with van der Waals surface area (Å²) in [5, 5.41) is 11.9. The number of rotatable bonds is 3. The lowest BCUT2D eigenvalue weighted by atomic mass is 9.84. The highest BCUT2D eigenvalue weighted by Crippen LogP contribution is 2.44. The third-order valence-corrected chi connectivity index (χ3v) is 6.44. The van der Waals surface area contributed by atoms with Crippen molar-refractivity contribution in [3.05, 3.63) is 35.4 Å². The van der Waals surface area contributed by atoms with Gasteiger partial charge in [0.25, 0.3) is 0 Å². The normalized spacial score (nSPS) is 26.2. The molecule has 1 unspecified atom stereocenters. The number of benzene rings is 1. The summed E-state index contributed by atoms with van der Waals surface area (Å²) in [6, 6.07) is 8.52. The molecule has 0 aliphatic carbocycles. The monoisotopic (exact) mass is 359 g/mol. The van der Waals surface area contributed by atoms with Crippen molar-refractivity contribution in [1.82, 2.24) is 9.96 Å². The minimum absolute atomic E-state index is 0.167. The molecule has 2 fully saturated rings. The molecule has 3 N–H and O–H groups in total. The third kappa shape index (κ3) is 3.40. The molecule has 0 saturated carbocycles. The largest absolute Gasteiger partial charge is 0.342 e. The minimum Gasteiger partial charge on any atom is -0.342 e. The number of carbonyl (C=O) groups excluding carboxylic acids is 1. The summed E-state index contributed by atoms with van der Waals surface area (Å²) >= 11 is 0. The number of carbonyl (C=O) groups is 1. The second kappa shape index (κ2) is 6.95. The smallest absolute Gasteiger partial charge is 0.227 e. The van der Waals surface area contributed by atoms with Crippen molar-refractivity contribution < 1.29 is 10.0 Å². The van der Waals surface area contributed by atoms with Gasteiger partial charge in [0.05, 0.1) is 11.5 Å². The van der Waals surface area contributed by atoms with Crippen molar-refractivity contribution in [1.29, 1.82) is 0 Å². The van der Waals surface area contributed by atoms with Crippen LogP contribution in [0.25, 0.3) is 0 Å². The van der Waals surface area contributed by atoms with Gasteiger partial charge in [-0.15, -0.1) is 0 Å². The number of hydroxylamine groups is 2. The molecule has 2 saturated heterocycles. The summed E-state index contributed by atoms with van der Waals surface area (Å²) < 4.78 is 0. The van der Waals surface area contributed by atoms with E-state index in [0.717, 1.165) is 25.9 Å². The number of nitrogens with zero attached hydrogens (tertiary/aromatic N) is 2. The number of hydrogen-bond donors (Lipinski definition) is 2. The maximum Gasteiger partial charge on any atom is 0.227 e. The number of nitrogens with two attached hydrogens (primary N) is 1. The van der Waals surface area contributed by atoms with Crippen molar-refractivity contribution in [2.75, 3.05) is 13.1 Å². The number of likely N-dealkylation sites (tertiary alicyclic amines) is 1. The first kappa shape index (κ1) is 19.3. The molecule has 5 heteroatoms. The van der Waals surface area contributed by atoms with Crippen molar-refractivity contribution in [2.24, 2.45) is 11.7 Å². The molecular weight excluding hydrogens is 326 g/mol. The Bertz CT molecular complexity index is 663. The van der Waals surface area contributed by atoms with Gasteiger partial charge in [0, 0.05) is 25.2 Å². The van der Waals surface area contributed by atoms with Crippen LogP contribution >= 0.6 is 0 Å². The van der Waals surface area contributed by atoms with Crippen molar-refractivity contribution in [3.63, 3.8) is 0 Å². The zero-order valence-electron chi connectivity index (χ0n) is 16.5. The van der Waals surface area contributed by atoms with E-state index >= 15 is 0 Å². The van der Waals surface area contributed by atoms with Gasteiger partial charge in [0.15, 0.2) is 0 Å². The predicted molar refractivity (Wildman–Crippen MR) is 103 cm³/mol. The predicted octanol–water partition coefficient (Wildman–Crippen LogP) is 3.12. The quantitative estimate of drug-likeness (QED) is 0.870. The van der Waals surface area contributed by atoms with Crippen LogP contribution in [-0.4, -0.2) is 45.2 Å². The van der Waals surface area contributed by atoms with Gasteiger partial charge in [-0.3, -0.25) is 4.79 Å². The summed E-state index contributed by atoms with van der Waals surface area (Å²) in [7, 11) is 0. The first-order valence-corrected chi connectivity index (χ1v) is 9.73. The Hall–Kier alpha value is -1.43. The Balaban J connectivity index is 1.65. The highest BCUT2D eigenvalue weighted by Gasteiger charge is 2.55. The number of piperidine rings is 1. The van der Waals surface area contributed by atoms with E-state index < -0.39 is 5.54 Å². The van der Waals surface area contributed by atoms with Gasteiger partial charge in [-0.05, 0) is 64.0 Å². The lowest BCUT2D eigenvalue weighted by Gasteiger charge is -2.38. The highest BCUT2D eigenvalue weighted by molar-refractivity contribution is 5.81. The second-order valence-electron chi connectivity index (χ2n) is 9.08. The molecule has 2 heterocycles. The molecule has 2 aliphatic rings. The molecule has 0 aromatic heterocycles. The van der Waals surface area contributed by atoms with E-state index in [1.165, 1.54) is 16.2 Å². The van der Waals surface area contributed by atoms with Crippen LogP contribution in [0.5, 0.6) is 0 Å². The van der Waals surface area contributed by atoms with Crippen LogP contribution < -0.4 is 5.73 Å². The minimum atomic E-state index is -0.535. The molecule has 1 aromatic rings. The lowest BCUT2D eigenvalue weighted by Crippen LogP contribution is -2.51. The van der Waals surface area contributed by atoms with Gasteiger partial charge in [-0.25, -0.2) is 0 Å². The fourth-order valence-corrected chi connectivity index (χ4v) is 4.78. The van der Waals surface area contributed by atoms with Gasteiger partial charge >= 0.3 is 0 Å². The molecule has 5 nitrogen and oxygen atoms in total. The molecular formula is C21H33N3O2. The van der Waals surface area contributed by atoms with E-state index in [1.54, 1.807) is 0 Å². The summed E-state index contributed by atoms with van der Waals surface area (Å²) in [4.78, 5) is 15.2. The summed E-state index contributed by atoms with van der Waals surface area (Å²) in [5.74, 6) is 0.515. The Morgan fingerprint density at radius 3 is 2.42 bits per heavy atom. The Labute approximate surface area is 157 Å². The maximum atomic E-state index is 13.2. The van der Waals surface area contributed by atoms with Crippen LogP contribution in [0.3, 0.4) is 0 Å². The SMILES string of the molecule is CC1(C)CC(C(=O)N2CCC(c3cccc(CN)c3)CC2)C(C)(C)N1O. The second-order valence-corrected chi connectivity index (χ2v) is 9.08. The molecule has 1 atom stereocenters. The van der Waals surface area contributed by atoms with Crippen molar-refractivity contribution in [2.45, 2.75) is 70.5 Å². The van der Waals surface area contributed by atoms with E-state index in [-0.39, 0.29) is 17.4 Å². The van der Waals surface area contributed by atoms with Crippen molar-refractivity contribution >= 4 is 5.91 Å². The maximum absolute atomic E-state index is 13.2. The van der Waals surface area contributed by atoms with Gasteiger partial charge in [0.2, 0.25) is 5.91 Å². The molecule has 3 rings (SSSR count). The van der Waals surface area contributed by atoms with E-state index in [1.807, 2.05) is 32.6 Å². The summed E-state index contributed by atoms with van der Waals surface area (Å²) in [5.41, 5.74) is 7.36. The van der Waals surface area contributed by atoms with E-state index in [4.69, 9.17) is 5.73 Å². The first-order chi connectivity index (χ1) is 12.2. The van der Waals surface area contributed by atoms with Gasteiger partial charge in [0.1, 0.15) is 0 Å². The topological polar surface area (TPSA) is 69.8 Å². The average Bonchev–Trinajstić information content (AvgIpc) is 2.80. The van der Waals surface area contributed by atoms with E-state index in [0.29, 0.717) is 18.9 Å². The molecule has 2 aliphatic heterocycles. The van der Waals surface area contributed by atoms with Crippen LogP contribution in [0.1, 0.15) is 64.0 Å². The van der Waals surface area contributed by atoms with Gasteiger partial charge < -0.3 is 15.8 Å². The lowest BCUT2D eigenvalue weighted by molar-refractivity contribution is -0.198. The number of hydrogen-bond acceptors (Lipinski definition) is 4. The fraction of sp³-hybridized carbons (Fsp3) is 0.667. The van der Waals surface area contributed by atoms with Gasteiger partial charge in [-0.2, -0.15) is 5.06 Å². The van der Waals surface area contributed by atoms with Crippen molar-refractivity contribution in [3.8, 4) is 0 Å². The molecule has 0 bridgehead atoms. The van der Waals surface area contributed by atoms with Crippen LogP contribution in [0.2, 0.25) is 0 Å². The van der Waals surface area contributed by atoms with E-state index in [9.17, 15) is 10.0 Å². The molecule has 1 amide bonds. The van der Waals surface area contributed by atoms with Crippen LogP contribution in [-0.2, 0) is 11.3 Å². The first-order valence-electron chi connectivity index (χ1n) is 9.73. The standard InChI is InChI=1S/C21H33N3O2/c1-20(2)13-18(21(3,4)24(20)26)19(25)23-10-8-16(9-11-23)17-7-5-6-15(12-17)14-22/h5-7,12,16,18,26H,8-11,13-14,22H2,1-4H3. The molecule has 1 aromatic carbocycles. The van der Waals surface area contributed by atoms with Crippen LogP contribution in [0.4, 0.5) is 0 Å². The highest BCUT2D eigenvalue weighted by atomic mass is 16.5. The average molecular weight is 360 g/mol. The molecule has 0 radical (unpaired) electrons. The summed E-state index contributed by atoms with van der Waals surface area (Å²) in [6.07, 6.45) is 2.66.